The van der Waals surface area contributed by atoms with Crippen LogP contribution in [0.25, 0.3) is 0 Å². The molecule has 3 nitrogen and oxygen atoms in total. The summed E-state index contributed by atoms with van der Waals surface area (Å²) in [5.74, 6) is 0.727. The average molecular weight is 205 g/mol. The molecule has 0 heterocycles. The number of ether oxygens (including phenoxy) is 1. The molecule has 2 rings (SSSR count). The van der Waals surface area contributed by atoms with Gasteiger partial charge in [0, 0.05) is 11.3 Å². The maximum absolute atomic E-state index is 11.3. The summed E-state index contributed by atoms with van der Waals surface area (Å²) in [7, 11) is 0. The summed E-state index contributed by atoms with van der Waals surface area (Å²) in [6, 6.07) is 5.28. The minimum absolute atomic E-state index is 0.0217. The van der Waals surface area contributed by atoms with Crippen molar-refractivity contribution in [3.05, 3.63) is 23.8 Å². The highest BCUT2D eigenvalue weighted by Crippen LogP contribution is 2.27. The molecule has 0 aromatic heterocycles. The highest BCUT2D eigenvalue weighted by atomic mass is 16.5. The Morgan fingerprint density at radius 2 is 2.20 bits per heavy atom. The van der Waals surface area contributed by atoms with Gasteiger partial charge in [-0.3, -0.25) is 4.79 Å². The van der Waals surface area contributed by atoms with Crippen LogP contribution in [0.5, 0.6) is 5.75 Å². The molecule has 0 spiro atoms. The molecule has 3 heteroatoms. The number of hydrogen-bond acceptors (Lipinski definition) is 3. The van der Waals surface area contributed by atoms with Crippen molar-refractivity contribution in [3.8, 4) is 5.75 Å². The molecule has 0 bridgehead atoms. The van der Waals surface area contributed by atoms with E-state index in [9.17, 15) is 4.79 Å². The fourth-order valence-corrected chi connectivity index (χ4v) is 1.59. The molecule has 15 heavy (non-hydrogen) atoms. The molecule has 0 radical (unpaired) electrons. The minimum Gasteiger partial charge on any atom is -0.490 e. The van der Waals surface area contributed by atoms with Crippen LogP contribution in [0.15, 0.2) is 18.2 Å². The Morgan fingerprint density at radius 1 is 1.47 bits per heavy atom. The molecular formula is C12H15NO2. The van der Waals surface area contributed by atoms with E-state index >= 15 is 0 Å². The summed E-state index contributed by atoms with van der Waals surface area (Å²) in [6.07, 6.45) is 3.78. The van der Waals surface area contributed by atoms with Gasteiger partial charge in [0.05, 0.1) is 6.10 Å². The average Bonchev–Trinajstić information content (AvgIpc) is 2.13. The molecule has 0 aliphatic heterocycles. The van der Waals surface area contributed by atoms with E-state index in [0.717, 1.165) is 18.6 Å². The fraction of sp³-hybridized carbons (Fsp3) is 0.417. The summed E-state index contributed by atoms with van der Waals surface area (Å²) < 4.78 is 5.69. The van der Waals surface area contributed by atoms with Gasteiger partial charge in [-0.2, -0.15) is 0 Å². The van der Waals surface area contributed by atoms with E-state index in [-0.39, 0.29) is 5.78 Å². The van der Waals surface area contributed by atoms with E-state index < -0.39 is 0 Å². The molecule has 0 saturated heterocycles. The van der Waals surface area contributed by atoms with Crippen molar-refractivity contribution in [1.82, 2.24) is 0 Å². The predicted molar refractivity (Wildman–Crippen MR) is 59.1 cm³/mol. The highest BCUT2D eigenvalue weighted by molar-refractivity contribution is 5.99. The van der Waals surface area contributed by atoms with Crippen LogP contribution >= 0.6 is 0 Å². The third-order valence-electron chi connectivity index (χ3n) is 2.76. The third kappa shape index (κ3) is 2.12. The van der Waals surface area contributed by atoms with E-state index in [1.165, 1.54) is 13.3 Å². The third-order valence-corrected chi connectivity index (χ3v) is 2.76. The number of carbonyl (C=O) groups is 1. The molecule has 1 aliphatic rings. The van der Waals surface area contributed by atoms with Gasteiger partial charge in [-0.15, -0.1) is 0 Å². The van der Waals surface area contributed by atoms with E-state index in [0.29, 0.717) is 17.4 Å². The molecule has 0 atom stereocenters. The normalized spacial score (nSPS) is 15.8. The number of Topliss-reactive ketones (excluding diaryl/α,β-unsaturated/α-hetero) is 1. The monoisotopic (exact) mass is 205 g/mol. The first-order chi connectivity index (χ1) is 7.16. The summed E-state index contributed by atoms with van der Waals surface area (Å²) in [5.41, 5.74) is 6.76. The highest BCUT2D eigenvalue weighted by Gasteiger charge is 2.19. The van der Waals surface area contributed by atoms with Gasteiger partial charge in [0.1, 0.15) is 5.75 Å². The maximum atomic E-state index is 11.3. The van der Waals surface area contributed by atoms with Crippen molar-refractivity contribution in [2.45, 2.75) is 32.3 Å². The topological polar surface area (TPSA) is 52.3 Å². The van der Waals surface area contributed by atoms with E-state index in [1.54, 1.807) is 12.1 Å². The molecule has 1 aromatic rings. The summed E-state index contributed by atoms with van der Waals surface area (Å²) in [6.45, 7) is 1.51. The number of anilines is 1. The van der Waals surface area contributed by atoms with Gasteiger partial charge in [-0.25, -0.2) is 0 Å². The molecule has 0 unspecified atom stereocenters. The standard InChI is InChI=1S/C12H15NO2/c1-8(14)11-7-10(5-6-12(11)13)15-9-3-2-4-9/h5-7,9H,2-4,13H2,1H3. The Morgan fingerprint density at radius 3 is 2.73 bits per heavy atom. The second-order valence-electron chi connectivity index (χ2n) is 3.98. The van der Waals surface area contributed by atoms with Crippen LogP contribution in [-0.4, -0.2) is 11.9 Å². The van der Waals surface area contributed by atoms with Crippen LogP contribution in [0.3, 0.4) is 0 Å². The predicted octanol–water partition coefficient (Wildman–Crippen LogP) is 2.40. The number of rotatable bonds is 3. The smallest absolute Gasteiger partial charge is 0.162 e. The van der Waals surface area contributed by atoms with Gasteiger partial charge in [0.2, 0.25) is 0 Å². The van der Waals surface area contributed by atoms with Crippen LogP contribution in [0.1, 0.15) is 36.5 Å². The molecule has 1 aliphatic carbocycles. The van der Waals surface area contributed by atoms with E-state index in [2.05, 4.69) is 0 Å². The van der Waals surface area contributed by atoms with Crippen molar-refractivity contribution >= 4 is 11.5 Å². The lowest BCUT2D eigenvalue weighted by Crippen LogP contribution is -2.24. The number of nitrogens with two attached hydrogens (primary N) is 1. The number of carbonyl (C=O) groups excluding carboxylic acids is 1. The Hall–Kier alpha value is -1.51. The number of nitrogen functional groups attached to an aromatic ring is 1. The Kier molecular flexibility index (Phi) is 2.62. The zero-order valence-corrected chi connectivity index (χ0v) is 8.82. The van der Waals surface area contributed by atoms with Gasteiger partial charge < -0.3 is 10.5 Å². The number of hydrogen-bond donors (Lipinski definition) is 1. The van der Waals surface area contributed by atoms with Crippen LogP contribution in [0.2, 0.25) is 0 Å². The van der Waals surface area contributed by atoms with Crippen molar-refractivity contribution in [2.75, 3.05) is 5.73 Å². The molecule has 80 valence electrons. The summed E-state index contributed by atoms with van der Waals surface area (Å²) in [4.78, 5) is 11.3. The van der Waals surface area contributed by atoms with Crippen LogP contribution in [0, 0.1) is 0 Å². The lowest BCUT2D eigenvalue weighted by Gasteiger charge is -2.26. The summed E-state index contributed by atoms with van der Waals surface area (Å²) in [5, 5.41) is 0. The molecule has 1 fully saturated rings. The number of benzene rings is 1. The van der Waals surface area contributed by atoms with Crippen LogP contribution in [-0.2, 0) is 0 Å². The van der Waals surface area contributed by atoms with Crippen LogP contribution in [0.4, 0.5) is 5.69 Å². The molecular weight excluding hydrogens is 190 g/mol. The quantitative estimate of drug-likeness (QED) is 0.609. The zero-order valence-electron chi connectivity index (χ0n) is 8.82. The van der Waals surface area contributed by atoms with Gasteiger partial charge in [-0.05, 0) is 44.4 Å². The Labute approximate surface area is 89.2 Å². The van der Waals surface area contributed by atoms with E-state index in [1.807, 2.05) is 6.07 Å². The van der Waals surface area contributed by atoms with Gasteiger partial charge in [-0.1, -0.05) is 0 Å². The molecule has 0 amide bonds. The molecule has 1 aromatic carbocycles. The molecule has 1 saturated carbocycles. The van der Waals surface area contributed by atoms with Gasteiger partial charge in [0.15, 0.2) is 5.78 Å². The van der Waals surface area contributed by atoms with E-state index in [4.69, 9.17) is 10.5 Å². The number of ketones is 1. The fourth-order valence-electron chi connectivity index (χ4n) is 1.59. The van der Waals surface area contributed by atoms with Crippen molar-refractivity contribution < 1.29 is 9.53 Å². The lowest BCUT2D eigenvalue weighted by molar-refractivity contribution is 0.101. The first-order valence-electron chi connectivity index (χ1n) is 5.24. The van der Waals surface area contributed by atoms with Gasteiger partial charge >= 0.3 is 0 Å². The first kappa shape index (κ1) is 10.0. The first-order valence-corrected chi connectivity index (χ1v) is 5.24. The van der Waals surface area contributed by atoms with Crippen LogP contribution < -0.4 is 10.5 Å². The maximum Gasteiger partial charge on any atom is 0.162 e. The largest absolute Gasteiger partial charge is 0.490 e. The lowest BCUT2D eigenvalue weighted by atomic mass is 9.96. The Bertz CT molecular complexity index is 383. The van der Waals surface area contributed by atoms with Crippen molar-refractivity contribution in [3.63, 3.8) is 0 Å². The second-order valence-corrected chi connectivity index (χ2v) is 3.98. The Balaban J connectivity index is 2.17. The molecule has 2 N–H and O–H groups in total. The SMILES string of the molecule is CC(=O)c1cc(OC2CCC2)ccc1N. The second kappa shape index (κ2) is 3.93. The summed E-state index contributed by atoms with van der Waals surface area (Å²) >= 11 is 0. The van der Waals surface area contributed by atoms with Crippen molar-refractivity contribution in [2.24, 2.45) is 0 Å². The van der Waals surface area contributed by atoms with Gasteiger partial charge in [0.25, 0.3) is 0 Å². The minimum atomic E-state index is -0.0217. The zero-order chi connectivity index (χ0) is 10.8. The van der Waals surface area contributed by atoms with Crippen molar-refractivity contribution in [1.29, 1.82) is 0 Å².